The summed E-state index contributed by atoms with van der Waals surface area (Å²) in [6.07, 6.45) is 0.760. The van der Waals surface area contributed by atoms with Crippen LogP contribution in [0.2, 0.25) is 0 Å². The van der Waals surface area contributed by atoms with Crippen LogP contribution >= 0.6 is 12.4 Å². The second kappa shape index (κ2) is 8.49. The van der Waals surface area contributed by atoms with Crippen molar-refractivity contribution in [1.82, 2.24) is 14.5 Å². The summed E-state index contributed by atoms with van der Waals surface area (Å²) in [6, 6.07) is 3.83. The average Bonchev–Trinajstić information content (AvgIpc) is 3.13. The Morgan fingerprint density at radius 2 is 1.96 bits per heavy atom. The predicted octanol–water partition coefficient (Wildman–Crippen LogP) is 0.693. The first kappa shape index (κ1) is 20.8. The van der Waals surface area contributed by atoms with Crippen LogP contribution in [0.5, 0.6) is 5.75 Å². The summed E-state index contributed by atoms with van der Waals surface area (Å²) < 4.78 is 32.5. The van der Waals surface area contributed by atoms with Gasteiger partial charge in [0.1, 0.15) is 10.6 Å². The van der Waals surface area contributed by atoms with Gasteiger partial charge in [0.2, 0.25) is 10.0 Å². The summed E-state index contributed by atoms with van der Waals surface area (Å²) in [6.45, 7) is 4.41. The van der Waals surface area contributed by atoms with Crippen LogP contribution in [0.15, 0.2) is 23.1 Å². The number of methoxy groups -OCH3 is 1. The van der Waals surface area contributed by atoms with E-state index in [0.29, 0.717) is 13.1 Å². The molecule has 0 aliphatic carbocycles. The fourth-order valence-corrected chi connectivity index (χ4v) is 5.06. The maximum absolute atomic E-state index is 13.0. The third-order valence-electron chi connectivity index (χ3n) is 4.77. The lowest BCUT2D eigenvalue weighted by Crippen LogP contribution is -2.49. The fourth-order valence-electron chi connectivity index (χ4n) is 3.39. The van der Waals surface area contributed by atoms with E-state index in [2.05, 4.69) is 10.2 Å². The molecule has 2 saturated heterocycles. The van der Waals surface area contributed by atoms with Crippen LogP contribution < -0.4 is 10.1 Å². The molecule has 2 aliphatic rings. The van der Waals surface area contributed by atoms with Crippen molar-refractivity contribution >= 4 is 28.1 Å². The van der Waals surface area contributed by atoms with Crippen LogP contribution in [0.3, 0.4) is 0 Å². The summed E-state index contributed by atoms with van der Waals surface area (Å²) >= 11 is 0. The molecule has 0 radical (unpaired) electrons. The first-order valence-corrected chi connectivity index (χ1v) is 9.65. The molecule has 1 N–H and O–H groups in total. The smallest absolute Gasteiger partial charge is 0.271 e. The molecule has 1 unspecified atom stereocenters. The maximum atomic E-state index is 13.0. The zero-order chi connectivity index (χ0) is 18.0. The standard InChI is InChI=1S/C15H22N4O5S.ClH/c1-24-14-3-2-12(19(20)21)10-15(14)25(22,23)18-7-4-13(11-18)17-8-5-16-6-9-17;/h2-3,10,13,16H,4-9,11H2,1H3;1H. The van der Waals surface area contributed by atoms with Gasteiger partial charge in [0.25, 0.3) is 5.69 Å². The Labute approximate surface area is 158 Å². The molecule has 2 fully saturated rings. The molecule has 1 aromatic rings. The minimum atomic E-state index is -3.85. The number of halogens is 1. The molecular weight excluding hydrogens is 384 g/mol. The molecule has 0 amide bonds. The van der Waals surface area contributed by atoms with E-state index in [0.717, 1.165) is 38.7 Å². The number of non-ortho nitro benzene ring substituents is 1. The van der Waals surface area contributed by atoms with Gasteiger partial charge in [0.15, 0.2) is 0 Å². The average molecular weight is 407 g/mol. The van der Waals surface area contributed by atoms with Crippen LogP contribution in [0, 0.1) is 10.1 Å². The van der Waals surface area contributed by atoms with Gasteiger partial charge in [-0.15, -0.1) is 12.4 Å². The van der Waals surface area contributed by atoms with E-state index in [1.807, 2.05) is 0 Å². The van der Waals surface area contributed by atoms with Gasteiger partial charge in [-0.05, 0) is 12.5 Å². The molecule has 2 aliphatic heterocycles. The van der Waals surface area contributed by atoms with Crippen molar-refractivity contribution in [3.63, 3.8) is 0 Å². The molecule has 0 aromatic heterocycles. The van der Waals surface area contributed by atoms with Crippen molar-refractivity contribution in [2.45, 2.75) is 17.4 Å². The lowest BCUT2D eigenvalue weighted by atomic mass is 10.2. The summed E-state index contributed by atoms with van der Waals surface area (Å²) in [5.41, 5.74) is -0.266. The van der Waals surface area contributed by atoms with E-state index < -0.39 is 14.9 Å². The highest BCUT2D eigenvalue weighted by Crippen LogP contribution is 2.32. The molecule has 1 aromatic carbocycles. The molecule has 11 heteroatoms. The fraction of sp³-hybridized carbons (Fsp3) is 0.600. The maximum Gasteiger partial charge on any atom is 0.271 e. The number of rotatable bonds is 5. The van der Waals surface area contributed by atoms with Gasteiger partial charge in [-0.2, -0.15) is 4.31 Å². The van der Waals surface area contributed by atoms with Gasteiger partial charge in [0, 0.05) is 57.4 Å². The Balaban J connectivity index is 0.00000243. The number of nitrogens with zero attached hydrogens (tertiary/aromatic N) is 3. The molecule has 26 heavy (non-hydrogen) atoms. The van der Waals surface area contributed by atoms with Crippen LogP contribution in [-0.2, 0) is 10.0 Å². The number of nitro benzene ring substituents is 1. The first-order chi connectivity index (χ1) is 11.9. The highest BCUT2D eigenvalue weighted by Gasteiger charge is 2.37. The molecule has 0 spiro atoms. The van der Waals surface area contributed by atoms with Crippen LogP contribution in [0.4, 0.5) is 5.69 Å². The minimum absolute atomic E-state index is 0. The lowest BCUT2D eigenvalue weighted by molar-refractivity contribution is -0.385. The number of hydrogen-bond acceptors (Lipinski definition) is 7. The number of ether oxygens (including phenoxy) is 1. The second-order valence-corrected chi connectivity index (χ2v) is 8.09. The van der Waals surface area contributed by atoms with Gasteiger partial charge in [-0.1, -0.05) is 0 Å². The van der Waals surface area contributed by atoms with Gasteiger partial charge < -0.3 is 10.1 Å². The Kier molecular flexibility index (Phi) is 6.80. The third kappa shape index (κ3) is 4.09. The Hall–Kier alpha value is -1.46. The quantitative estimate of drug-likeness (QED) is 0.566. The van der Waals surface area contributed by atoms with Crippen molar-refractivity contribution in [3.05, 3.63) is 28.3 Å². The molecular formula is C15H23ClN4O5S. The highest BCUT2D eigenvalue weighted by molar-refractivity contribution is 7.89. The van der Waals surface area contributed by atoms with Crippen LogP contribution in [0.1, 0.15) is 6.42 Å². The Morgan fingerprint density at radius 3 is 2.58 bits per heavy atom. The molecule has 146 valence electrons. The van der Waals surface area contributed by atoms with E-state index >= 15 is 0 Å². The third-order valence-corrected chi connectivity index (χ3v) is 6.66. The Bertz CT molecular complexity index is 754. The number of nitrogens with one attached hydrogen (secondary N) is 1. The van der Waals surface area contributed by atoms with Crippen molar-refractivity contribution in [3.8, 4) is 5.75 Å². The van der Waals surface area contributed by atoms with Crippen molar-refractivity contribution in [2.75, 3.05) is 46.4 Å². The number of benzene rings is 1. The molecule has 9 nitrogen and oxygen atoms in total. The van der Waals surface area contributed by atoms with Crippen LogP contribution in [-0.4, -0.2) is 75.0 Å². The predicted molar refractivity (Wildman–Crippen MR) is 98.5 cm³/mol. The van der Waals surface area contributed by atoms with E-state index in [-0.39, 0.29) is 34.8 Å². The van der Waals surface area contributed by atoms with Gasteiger partial charge in [-0.3, -0.25) is 15.0 Å². The summed E-state index contributed by atoms with van der Waals surface area (Å²) in [5.74, 6) is 0.122. The van der Waals surface area contributed by atoms with E-state index in [9.17, 15) is 18.5 Å². The van der Waals surface area contributed by atoms with Gasteiger partial charge >= 0.3 is 0 Å². The first-order valence-electron chi connectivity index (χ1n) is 8.21. The molecule has 1 atom stereocenters. The second-order valence-electron chi connectivity index (χ2n) is 6.18. The molecule has 0 bridgehead atoms. The van der Waals surface area contributed by atoms with Gasteiger partial charge in [0.05, 0.1) is 12.0 Å². The number of piperazine rings is 1. The van der Waals surface area contributed by atoms with Crippen LogP contribution in [0.25, 0.3) is 0 Å². The number of nitro groups is 1. The zero-order valence-electron chi connectivity index (χ0n) is 14.5. The van der Waals surface area contributed by atoms with Crippen molar-refractivity contribution in [1.29, 1.82) is 0 Å². The number of hydrogen-bond donors (Lipinski definition) is 1. The zero-order valence-corrected chi connectivity index (χ0v) is 16.1. The van der Waals surface area contributed by atoms with E-state index in [1.54, 1.807) is 0 Å². The molecule has 3 rings (SSSR count). The summed E-state index contributed by atoms with van der Waals surface area (Å²) in [4.78, 5) is 12.6. The highest BCUT2D eigenvalue weighted by atomic mass is 35.5. The van der Waals surface area contributed by atoms with E-state index in [1.165, 1.54) is 23.5 Å². The summed E-state index contributed by atoms with van der Waals surface area (Å²) in [5, 5.41) is 14.3. The number of sulfonamides is 1. The normalized spacial score (nSPS) is 22.0. The van der Waals surface area contributed by atoms with Crippen molar-refractivity contribution in [2.24, 2.45) is 0 Å². The van der Waals surface area contributed by atoms with Crippen molar-refractivity contribution < 1.29 is 18.1 Å². The van der Waals surface area contributed by atoms with Gasteiger partial charge in [-0.25, -0.2) is 8.42 Å². The topological polar surface area (TPSA) is 105 Å². The monoisotopic (exact) mass is 406 g/mol. The lowest BCUT2D eigenvalue weighted by Gasteiger charge is -2.32. The Morgan fingerprint density at radius 1 is 1.27 bits per heavy atom. The summed E-state index contributed by atoms with van der Waals surface area (Å²) in [7, 11) is -2.49. The SMILES string of the molecule is COc1ccc([N+](=O)[O-])cc1S(=O)(=O)N1CCC(N2CCNCC2)C1.Cl. The van der Waals surface area contributed by atoms with E-state index in [4.69, 9.17) is 4.74 Å². The molecule has 2 heterocycles. The molecule has 0 saturated carbocycles. The minimum Gasteiger partial charge on any atom is -0.495 e. The largest absolute Gasteiger partial charge is 0.495 e.